The van der Waals surface area contributed by atoms with Gasteiger partial charge in [0.1, 0.15) is 0 Å². The lowest BCUT2D eigenvalue weighted by molar-refractivity contribution is 1.33. The Labute approximate surface area is 90.8 Å². The molecule has 0 saturated carbocycles. The molecule has 1 heterocycles. The van der Waals surface area contributed by atoms with Gasteiger partial charge in [0.05, 0.1) is 0 Å². The second-order valence-corrected chi connectivity index (χ2v) is 2.86. The van der Waals surface area contributed by atoms with Gasteiger partial charge in [0, 0.05) is 18.1 Å². The monoisotopic (exact) mass is 200 g/mol. The zero-order valence-electron chi connectivity index (χ0n) is 9.14. The van der Waals surface area contributed by atoms with Gasteiger partial charge in [-0.05, 0) is 29.3 Å². The van der Waals surface area contributed by atoms with Gasteiger partial charge >= 0.3 is 0 Å². The lowest BCUT2D eigenvalue weighted by Crippen LogP contribution is -1.84. The fourth-order valence-corrected chi connectivity index (χ4v) is 1.21. The number of benzene rings is 1. The van der Waals surface area contributed by atoms with Crippen molar-refractivity contribution in [3.05, 3.63) is 48.8 Å². The van der Waals surface area contributed by atoms with Crippen LogP contribution in [0.25, 0.3) is 11.1 Å². The van der Waals surface area contributed by atoms with Crippen LogP contribution in [0.15, 0.2) is 48.8 Å². The molecule has 0 saturated heterocycles. The van der Waals surface area contributed by atoms with E-state index in [-0.39, 0.29) is 0 Å². The molecule has 78 valence electrons. The van der Waals surface area contributed by atoms with Crippen LogP contribution in [0, 0.1) is 0 Å². The van der Waals surface area contributed by atoms with E-state index >= 15 is 0 Å². The average molecular weight is 200 g/mol. The predicted octanol–water partition coefficient (Wildman–Crippen LogP) is 3.36. The lowest BCUT2D eigenvalue weighted by atomic mass is 10.1. The van der Waals surface area contributed by atoms with E-state index in [9.17, 15) is 0 Å². The van der Waals surface area contributed by atoms with Gasteiger partial charge in [-0.15, -0.1) is 0 Å². The Balaban J connectivity index is 0.000000531. The second kappa shape index (κ2) is 5.81. The summed E-state index contributed by atoms with van der Waals surface area (Å²) >= 11 is 0. The fourth-order valence-electron chi connectivity index (χ4n) is 1.21. The summed E-state index contributed by atoms with van der Waals surface area (Å²) in [5.41, 5.74) is 8.63. The number of aromatic nitrogens is 1. The van der Waals surface area contributed by atoms with E-state index in [1.54, 1.807) is 6.20 Å². The van der Waals surface area contributed by atoms with E-state index in [1.165, 1.54) is 0 Å². The van der Waals surface area contributed by atoms with Crippen molar-refractivity contribution >= 4 is 5.69 Å². The van der Waals surface area contributed by atoms with Crippen molar-refractivity contribution in [3.63, 3.8) is 0 Å². The number of rotatable bonds is 1. The van der Waals surface area contributed by atoms with E-state index in [2.05, 4.69) is 4.98 Å². The molecule has 15 heavy (non-hydrogen) atoms. The molecule has 0 radical (unpaired) electrons. The number of nitrogens with two attached hydrogens (primary N) is 1. The van der Waals surface area contributed by atoms with Gasteiger partial charge in [0.2, 0.25) is 0 Å². The number of anilines is 1. The van der Waals surface area contributed by atoms with Crippen molar-refractivity contribution in [2.24, 2.45) is 0 Å². The van der Waals surface area contributed by atoms with Crippen molar-refractivity contribution in [2.45, 2.75) is 13.8 Å². The molecule has 0 bridgehead atoms. The number of pyridine rings is 1. The highest BCUT2D eigenvalue weighted by Gasteiger charge is 1.94. The molecular weight excluding hydrogens is 184 g/mol. The summed E-state index contributed by atoms with van der Waals surface area (Å²) in [7, 11) is 0. The van der Waals surface area contributed by atoms with Crippen molar-refractivity contribution in [3.8, 4) is 11.1 Å². The van der Waals surface area contributed by atoms with Crippen LogP contribution in [0.3, 0.4) is 0 Å². The summed E-state index contributed by atoms with van der Waals surface area (Å²) in [6, 6.07) is 11.7. The van der Waals surface area contributed by atoms with E-state index in [4.69, 9.17) is 5.73 Å². The Morgan fingerprint density at radius 3 is 2.13 bits per heavy atom. The Morgan fingerprint density at radius 1 is 0.933 bits per heavy atom. The highest BCUT2D eigenvalue weighted by molar-refractivity contribution is 5.64. The first kappa shape index (κ1) is 11.2. The van der Waals surface area contributed by atoms with Crippen LogP contribution in [-0.4, -0.2) is 4.98 Å². The van der Waals surface area contributed by atoms with Gasteiger partial charge in [-0.3, -0.25) is 4.98 Å². The molecule has 2 nitrogen and oxygen atoms in total. The summed E-state index contributed by atoms with van der Waals surface area (Å²) < 4.78 is 0. The normalized spacial score (nSPS) is 8.93. The van der Waals surface area contributed by atoms with Gasteiger partial charge in [0.15, 0.2) is 0 Å². The van der Waals surface area contributed by atoms with Crippen molar-refractivity contribution < 1.29 is 0 Å². The molecule has 1 aromatic heterocycles. The summed E-state index contributed by atoms with van der Waals surface area (Å²) in [5.74, 6) is 0. The maximum absolute atomic E-state index is 5.59. The first-order chi connectivity index (χ1) is 7.36. The minimum Gasteiger partial charge on any atom is -0.399 e. The van der Waals surface area contributed by atoms with Crippen molar-refractivity contribution in [2.75, 3.05) is 5.73 Å². The quantitative estimate of drug-likeness (QED) is 0.717. The molecule has 0 aliphatic heterocycles. The zero-order chi connectivity index (χ0) is 11.1. The third-order valence-corrected chi connectivity index (χ3v) is 1.91. The van der Waals surface area contributed by atoms with Crippen LogP contribution in [0.2, 0.25) is 0 Å². The molecule has 2 heteroatoms. The first-order valence-corrected chi connectivity index (χ1v) is 5.12. The Hall–Kier alpha value is -1.83. The average Bonchev–Trinajstić information content (AvgIpc) is 2.34. The maximum Gasteiger partial charge on any atom is 0.0346 e. The van der Waals surface area contributed by atoms with E-state index in [0.717, 1.165) is 16.8 Å². The van der Waals surface area contributed by atoms with Crippen molar-refractivity contribution in [1.82, 2.24) is 4.98 Å². The Kier molecular flexibility index (Phi) is 4.35. The molecular formula is C13H16N2. The zero-order valence-corrected chi connectivity index (χ0v) is 9.14. The smallest absolute Gasteiger partial charge is 0.0346 e. The van der Waals surface area contributed by atoms with Crippen LogP contribution in [-0.2, 0) is 0 Å². The van der Waals surface area contributed by atoms with Crippen LogP contribution < -0.4 is 5.73 Å². The molecule has 0 unspecified atom stereocenters. The Bertz CT molecular complexity index is 379. The van der Waals surface area contributed by atoms with E-state index < -0.39 is 0 Å². The number of hydrogen-bond acceptors (Lipinski definition) is 2. The van der Waals surface area contributed by atoms with Crippen LogP contribution >= 0.6 is 0 Å². The molecule has 0 fully saturated rings. The molecule has 0 atom stereocenters. The minimum atomic E-state index is 0.785. The third-order valence-electron chi connectivity index (χ3n) is 1.91. The minimum absolute atomic E-state index is 0.785. The molecule has 2 aromatic rings. The molecule has 1 aromatic carbocycles. The summed E-state index contributed by atoms with van der Waals surface area (Å²) in [6.45, 7) is 4.00. The number of hydrogen-bond donors (Lipinski definition) is 1. The molecule has 2 N–H and O–H groups in total. The molecule has 0 spiro atoms. The molecule has 0 amide bonds. The largest absolute Gasteiger partial charge is 0.399 e. The fraction of sp³-hybridized carbons (Fsp3) is 0.154. The number of nitrogen functional groups attached to an aromatic ring is 1. The molecule has 0 aliphatic carbocycles. The number of nitrogens with zero attached hydrogens (tertiary/aromatic N) is 1. The SMILES string of the molecule is CC.Nc1ccc(-c2cccnc2)cc1. The lowest BCUT2D eigenvalue weighted by Gasteiger charge is -2.00. The van der Waals surface area contributed by atoms with Crippen LogP contribution in [0.1, 0.15) is 13.8 Å². The standard InChI is InChI=1S/C11H10N2.C2H6/c12-11-5-3-9(4-6-11)10-2-1-7-13-8-10;1-2/h1-8H,12H2;1-2H3. The second-order valence-electron chi connectivity index (χ2n) is 2.86. The molecule has 2 rings (SSSR count). The summed E-state index contributed by atoms with van der Waals surface area (Å²) in [4.78, 5) is 4.05. The maximum atomic E-state index is 5.59. The first-order valence-electron chi connectivity index (χ1n) is 5.12. The van der Waals surface area contributed by atoms with Gasteiger partial charge in [0.25, 0.3) is 0 Å². The van der Waals surface area contributed by atoms with Crippen molar-refractivity contribution in [1.29, 1.82) is 0 Å². The van der Waals surface area contributed by atoms with Crippen LogP contribution in [0.4, 0.5) is 5.69 Å². The van der Waals surface area contributed by atoms with E-state index in [0.29, 0.717) is 0 Å². The predicted molar refractivity (Wildman–Crippen MR) is 65.4 cm³/mol. The van der Waals surface area contributed by atoms with E-state index in [1.807, 2.05) is 56.4 Å². The van der Waals surface area contributed by atoms with Crippen LogP contribution in [0.5, 0.6) is 0 Å². The van der Waals surface area contributed by atoms with Gasteiger partial charge in [-0.1, -0.05) is 32.0 Å². The summed E-state index contributed by atoms with van der Waals surface area (Å²) in [5, 5.41) is 0. The van der Waals surface area contributed by atoms with Gasteiger partial charge in [-0.25, -0.2) is 0 Å². The molecule has 0 aliphatic rings. The van der Waals surface area contributed by atoms with Gasteiger partial charge < -0.3 is 5.73 Å². The summed E-state index contributed by atoms with van der Waals surface area (Å²) in [6.07, 6.45) is 3.60. The highest BCUT2D eigenvalue weighted by atomic mass is 14.6. The third kappa shape index (κ3) is 3.09. The topological polar surface area (TPSA) is 38.9 Å². The Morgan fingerprint density at radius 2 is 1.60 bits per heavy atom. The van der Waals surface area contributed by atoms with Gasteiger partial charge in [-0.2, -0.15) is 0 Å². The highest BCUT2D eigenvalue weighted by Crippen LogP contribution is 2.18.